The first-order chi connectivity index (χ1) is 7.63. The van der Waals surface area contributed by atoms with Crippen LogP contribution in [0.15, 0.2) is 16.5 Å². The third-order valence-corrected chi connectivity index (χ3v) is 2.34. The highest BCUT2D eigenvalue weighted by atomic mass is 16.6. The monoisotopic (exact) mass is 227 g/mol. The number of nitrogens with one attached hydrogen (secondary N) is 1. The van der Waals surface area contributed by atoms with E-state index in [1.807, 2.05) is 7.05 Å². The van der Waals surface area contributed by atoms with Crippen LogP contribution in [-0.2, 0) is 6.54 Å². The van der Waals surface area contributed by atoms with E-state index in [1.54, 1.807) is 6.07 Å². The average molecular weight is 227 g/mol. The summed E-state index contributed by atoms with van der Waals surface area (Å²) in [6.07, 6.45) is 0. The second kappa shape index (κ2) is 6.24. The van der Waals surface area contributed by atoms with Crippen molar-refractivity contribution in [3.8, 4) is 0 Å². The molecule has 6 nitrogen and oxygen atoms in total. The van der Waals surface area contributed by atoms with Crippen molar-refractivity contribution in [3.63, 3.8) is 0 Å². The highest BCUT2D eigenvalue weighted by molar-refractivity contribution is 5.17. The van der Waals surface area contributed by atoms with Gasteiger partial charge in [-0.2, -0.15) is 0 Å². The molecule has 0 amide bonds. The molecule has 0 radical (unpaired) electrons. The summed E-state index contributed by atoms with van der Waals surface area (Å²) in [6, 6.07) is 2.99. The van der Waals surface area contributed by atoms with Gasteiger partial charge in [0.05, 0.1) is 12.6 Å². The highest BCUT2D eigenvalue weighted by Crippen LogP contribution is 2.14. The van der Waals surface area contributed by atoms with Gasteiger partial charge in [0, 0.05) is 13.1 Å². The Morgan fingerprint density at radius 1 is 1.56 bits per heavy atom. The first kappa shape index (κ1) is 12.7. The molecule has 6 heteroatoms. The molecule has 0 aliphatic carbocycles. The summed E-state index contributed by atoms with van der Waals surface area (Å²) in [5, 5.41) is 13.5. The second-order valence-electron chi connectivity index (χ2n) is 3.57. The standard InChI is InChI=1S/C10H17N3O3/c1-3-12(2)7-6-11-8-9-4-5-10(16-9)13(14)15/h4-5,11H,3,6-8H2,1-2H3. The zero-order valence-electron chi connectivity index (χ0n) is 9.60. The van der Waals surface area contributed by atoms with Crippen LogP contribution in [0.25, 0.3) is 0 Å². The zero-order valence-corrected chi connectivity index (χ0v) is 9.60. The maximum absolute atomic E-state index is 10.4. The Kier molecular flexibility index (Phi) is 4.94. The van der Waals surface area contributed by atoms with Crippen LogP contribution in [0.3, 0.4) is 0 Å². The van der Waals surface area contributed by atoms with Gasteiger partial charge in [0.15, 0.2) is 0 Å². The molecular formula is C10H17N3O3. The SMILES string of the molecule is CCN(C)CCNCc1ccc([N+](=O)[O-])o1. The van der Waals surface area contributed by atoms with E-state index in [0.29, 0.717) is 12.3 Å². The quantitative estimate of drug-likeness (QED) is 0.431. The van der Waals surface area contributed by atoms with Crippen molar-refractivity contribution in [3.05, 3.63) is 28.0 Å². The molecule has 1 aromatic heterocycles. The Bertz CT molecular complexity index is 338. The summed E-state index contributed by atoms with van der Waals surface area (Å²) in [6.45, 7) is 5.40. The van der Waals surface area contributed by atoms with Crippen molar-refractivity contribution in [2.75, 3.05) is 26.7 Å². The fraction of sp³-hybridized carbons (Fsp3) is 0.600. The van der Waals surface area contributed by atoms with Gasteiger partial charge in [-0.3, -0.25) is 10.1 Å². The fourth-order valence-corrected chi connectivity index (χ4v) is 1.20. The molecule has 1 aromatic rings. The van der Waals surface area contributed by atoms with Gasteiger partial charge in [-0.1, -0.05) is 6.92 Å². The minimum atomic E-state index is -0.533. The molecule has 0 saturated carbocycles. The lowest BCUT2D eigenvalue weighted by Gasteiger charge is -2.13. The summed E-state index contributed by atoms with van der Waals surface area (Å²) in [5.41, 5.74) is 0. The number of furan rings is 1. The molecule has 0 fully saturated rings. The van der Waals surface area contributed by atoms with E-state index < -0.39 is 4.92 Å². The van der Waals surface area contributed by atoms with Crippen LogP contribution in [0.2, 0.25) is 0 Å². The molecule has 0 atom stereocenters. The molecule has 0 saturated heterocycles. The largest absolute Gasteiger partial charge is 0.433 e. The third kappa shape index (κ3) is 4.00. The van der Waals surface area contributed by atoms with E-state index >= 15 is 0 Å². The summed E-state index contributed by atoms with van der Waals surface area (Å²) >= 11 is 0. The summed E-state index contributed by atoms with van der Waals surface area (Å²) in [7, 11) is 2.04. The topological polar surface area (TPSA) is 71.5 Å². The summed E-state index contributed by atoms with van der Waals surface area (Å²) < 4.78 is 5.00. The highest BCUT2D eigenvalue weighted by Gasteiger charge is 2.10. The molecule has 90 valence electrons. The Labute approximate surface area is 94.4 Å². The van der Waals surface area contributed by atoms with Crippen LogP contribution in [0.1, 0.15) is 12.7 Å². The van der Waals surface area contributed by atoms with Crippen molar-refractivity contribution in [1.82, 2.24) is 10.2 Å². The van der Waals surface area contributed by atoms with Crippen molar-refractivity contribution in [2.24, 2.45) is 0 Å². The van der Waals surface area contributed by atoms with E-state index in [1.165, 1.54) is 6.07 Å². The molecule has 1 rings (SSSR count). The maximum Gasteiger partial charge on any atom is 0.433 e. The van der Waals surface area contributed by atoms with Crippen LogP contribution in [-0.4, -0.2) is 36.5 Å². The Balaban J connectivity index is 2.24. The minimum absolute atomic E-state index is 0.206. The van der Waals surface area contributed by atoms with Crippen LogP contribution in [0.4, 0.5) is 5.88 Å². The molecule has 0 aliphatic heterocycles. The van der Waals surface area contributed by atoms with Gasteiger partial charge in [0.2, 0.25) is 0 Å². The van der Waals surface area contributed by atoms with Crippen molar-refractivity contribution < 1.29 is 9.34 Å². The molecule has 1 heterocycles. The zero-order chi connectivity index (χ0) is 12.0. The molecule has 0 bridgehead atoms. The molecule has 0 spiro atoms. The summed E-state index contributed by atoms with van der Waals surface area (Å²) in [4.78, 5) is 12.0. The van der Waals surface area contributed by atoms with Crippen molar-refractivity contribution >= 4 is 5.88 Å². The number of rotatable bonds is 7. The lowest BCUT2D eigenvalue weighted by atomic mass is 10.4. The molecule has 0 unspecified atom stereocenters. The van der Waals surface area contributed by atoms with Gasteiger partial charge >= 0.3 is 5.88 Å². The predicted octanol–water partition coefficient (Wildman–Crippen LogP) is 1.23. The lowest BCUT2D eigenvalue weighted by molar-refractivity contribution is -0.402. The first-order valence-electron chi connectivity index (χ1n) is 5.26. The average Bonchev–Trinajstić information content (AvgIpc) is 2.72. The number of likely N-dealkylation sites (N-methyl/N-ethyl adjacent to an activating group) is 1. The van der Waals surface area contributed by atoms with Crippen LogP contribution in [0, 0.1) is 10.1 Å². The molecule has 0 aliphatic rings. The Morgan fingerprint density at radius 3 is 2.88 bits per heavy atom. The minimum Gasteiger partial charge on any atom is -0.404 e. The number of nitro groups is 1. The molecule has 0 aromatic carbocycles. The van der Waals surface area contributed by atoms with E-state index in [-0.39, 0.29) is 5.88 Å². The lowest BCUT2D eigenvalue weighted by Crippen LogP contribution is -2.28. The molecule has 1 N–H and O–H groups in total. The first-order valence-corrected chi connectivity index (χ1v) is 5.26. The van der Waals surface area contributed by atoms with Crippen LogP contribution in [0.5, 0.6) is 0 Å². The Hall–Kier alpha value is -1.40. The van der Waals surface area contributed by atoms with Gasteiger partial charge in [0.1, 0.15) is 10.7 Å². The molecule has 16 heavy (non-hydrogen) atoms. The number of hydrogen-bond acceptors (Lipinski definition) is 5. The normalized spacial score (nSPS) is 10.9. The van der Waals surface area contributed by atoms with Crippen molar-refractivity contribution in [1.29, 1.82) is 0 Å². The number of nitrogens with zero attached hydrogens (tertiary/aromatic N) is 2. The van der Waals surface area contributed by atoms with Crippen molar-refractivity contribution in [2.45, 2.75) is 13.5 Å². The van der Waals surface area contributed by atoms with E-state index in [2.05, 4.69) is 17.1 Å². The van der Waals surface area contributed by atoms with Crippen LogP contribution < -0.4 is 5.32 Å². The van der Waals surface area contributed by atoms with Gasteiger partial charge in [-0.15, -0.1) is 0 Å². The van der Waals surface area contributed by atoms with Gasteiger partial charge in [0.25, 0.3) is 0 Å². The van der Waals surface area contributed by atoms with Crippen LogP contribution >= 0.6 is 0 Å². The van der Waals surface area contributed by atoms with Gasteiger partial charge < -0.3 is 14.6 Å². The third-order valence-electron chi connectivity index (χ3n) is 2.34. The maximum atomic E-state index is 10.4. The predicted molar refractivity (Wildman–Crippen MR) is 60.2 cm³/mol. The van der Waals surface area contributed by atoms with E-state index in [9.17, 15) is 10.1 Å². The van der Waals surface area contributed by atoms with E-state index in [4.69, 9.17) is 4.42 Å². The van der Waals surface area contributed by atoms with E-state index in [0.717, 1.165) is 19.6 Å². The Morgan fingerprint density at radius 2 is 2.31 bits per heavy atom. The fourth-order valence-electron chi connectivity index (χ4n) is 1.20. The summed E-state index contributed by atoms with van der Waals surface area (Å²) in [5.74, 6) is 0.383. The van der Waals surface area contributed by atoms with Gasteiger partial charge in [-0.05, 0) is 19.7 Å². The number of hydrogen-bond donors (Lipinski definition) is 1. The van der Waals surface area contributed by atoms with Gasteiger partial charge in [-0.25, -0.2) is 0 Å². The smallest absolute Gasteiger partial charge is 0.404 e. The second-order valence-corrected chi connectivity index (χ2v) is 3.57. The molecular weight excluding hydrogens is 210 g/mol.